The molecule has 1 heterocycles. The second-order valence-electron chi connectivity index (χ2n) is 7.36. The van der Waals surface area contributed by atoms with E-state index in [9.17, 15) is 20.1 Å². The molecule has 1 aromatic carbocycles. The van der Waals surface area contributed by atoms with Crippen molar-refractivity contribution in [2.45, 2.75) is 56.8 Å². The van der Waals surface area contributed by atoms with E-state index in [0.717, 1.165) is 5.56 Å². The average molecular weight is 336 g/mol. The number of aliphatic hydroxyl groups excluding tert-OH is 1. The van der Waals surface area contributed by atoms with Gasteiger partial charge in [-0.25, -0.2) is 4.79 Å². The van der Waals surface area contributed by atoms with E-state index >= 15 is 0 Å². The Morgan fingerprint density at radius 3 is 2.67 bits per heavy atom. The highest BCUT2D eigenvalue weighted by Crippen LogP contribution is 2.49. The summed E-state index contributed by atoms with van der Waals surface area (Å²) >= 11 is 0. The molecular weight excluding hydrogens is 312 g/mol. The van der Waals surface area contributed by atoms with Gasteiger partial charge >= 0.3 is 5.97 Å². The third-order valence-electron chi connectivity index (χ3n) is 5.62. The maximum absolute atomic E-state index is 11.5. The van der Waals surface area contributed by atoms with Gasteiger partial charge in [0.1, 0.15) is 22.7 Å². The fourth-order valence-corrected chi connectivity index (χ4v) is 3.93. The Kier molecular flexibility index (Phi) is 4.00. The Bertz CT molecular complexity index is 668. The Morgan fingerprint density at radius 2 is 2.08 bits per heavy atom. The molecule has 4 atom stereocenters. The molecule has 6 heteroatoms. The molecule has 2 aliphatic rings. The molecule has 0 spiro atoms. The standard InChI is InChI=1S/C18H24O6/c1-17(22)7-6-10(8-14(17)19)18(2)9-12-13(23-3)5-4-11(16(20)21)15(12)24-18/h4-5,10,14,19,22H,6-9H2,1-3H3,(H,20,21)/t10-,14-,17+,18?/m1/s1. The second-order valence-corrected chi connectivity index (χ2v) is 7.36. The number of fused-ring (bicyclic) bond motifs is 1. The van der Waals surface area contributed by atoms with E-state index in [2.05, 4.69) is 0 Å². The minimum absolute atomic E-state index is 0.0199. The number of aromatic carboxylic acids is 1. The smallest absolute Gasteiger partial charge is 0.339 e. The Hall–Kier alpha value is -1.79. The molecular formula is C18H24O6. The van der Waals surface area contributed by atoms with Crippen LogP contribution in [0.3, 0.4) is 0 Å². The van der Waals surface area contributed by atoms with Crippen molar-refractivity contribution >= 4 is 5.97 Å². The predicted octanol–water partition coefficient (Wildman–Crippen LogP) is 2.00. The first-order valence-electron chi connectivity index (χ1n) is 8.20. The number of aliphatic hydroxyl groups is 2. The fourth-order valence-electron chi connectivity index (χ4n) is 3.93. The number of carbonyl (C=O) groups is 1. The van der Waals surface area contributed by atoms with Gasteiger partial charge in [-0.2, -0.15) is 0 Å². The first kappa shape index (κ1) is 17.0. The van der Waals surface area contributed by atoms with Gasteiger partial charge in [0, 0.05) is 17.9 Å². The van der Waals surface area contributed by atoms with Crippen LogP contribution in [-0.4, -0.2) is 45.7 Å². The normalized spacial score (nSPS) is 35.2. The third kappa shape index (κ3) is 2.63. The van der Waals surface area contributed by atoms with Gasteiger partial charge in [-0.3, -0.25) is 0 Å². The van der Waals surface area contributed by atoms with Crippen LogP contribution in [0.2, 0.25) is 0 Å². The quantitative estimate of drug-likeness (QED) is 0.781. The number of hydrogen-bond donors (Lipinski definition) is 3. The highest BCUT2D eigenvalue weighted by Gasteiger charge is 2.49. The summed E-state index contributed by atoms with van der Waals surface area (Å²) in [5.41, 5.74) is -0.828. The van der Waals surface area contributed by atoms with Crippen molar-refractivity contribution in [3.05, 3.63) is 23.3 Å². The molecule has 1 aliphatic heterocycles. The van der Waals surface area contributed by atoms with Gasteiger partial charge in [-0.15, -0.1) is 0 Å². The monoisotopic (exact) mass is 336 g/mol. The molecule has 1 saturated carbocycles. The molecule has 132 valence electrons. The zero-order valence-electron chi connectivity index (χ0n) is 14.2. The Balaban J connectivity index is 1.92. The summed E-state index contributed by atoms with van der Waals surface area (Å²) in [7, 11) is 1.55. The lowest BCUT2D eigenvalue weighted by atomic mass is 9.70. The van der Waals surface area contributed by atoms with Crippen LogP contribution in [0.4, 0.5) is 0 Å². The van der Waals surface area contributed by atoms with Crippen LogP contribution in [0, 0.1) is 5.92 Å². The summed E-state index contributed by atoms with van der Waals surface area (Å²) in [5.74, 6) is -0.0468. The van der Waals surface area contributed by atoms with Gasteiger partial charge in [0.2, 0.25) is 0 Å². The van der Waals surface area contributed by atoms with Crippen LogP contribution in [0.15, 0.2) is 12.1 Å². The van der Waals surface area contributed by atoms with Crippen LogP contribution in [0.25, 0.3) is 0 Å². The van der Waals surface area contributed by atoms with E-state index in [4.69, 9.17) is 9.47 Å². The van der Waals surface area contributed by atoms with E-state index in [1.54, 1.807) is 20.1 Å². The summed E-state index contributed by atoms with van der Waals surface area (Å²) in [5, 5.41) is 29.8. The summed E-state index contributed by atoms with van der Waals surface area (Å²) < 4.78 is 11.5. The van der Waals surface area contributed by atoms with Crippen molar-refractivity contribution in [1.82, 2.24) is 0 Å². The number of benzene rings is 1. The SMILES string of the molecule is COc1ccc(C(=O)O)c2c1CC(C)([C@@H]1CC[C@](C)(O)[C@H](O)C1)O2. The van der Waals surface area contributed by atoms with Crippen molar-refractivity contribution < 1.29 is 29.6 Å². The zero-order valence-corrected chi connectivity index (χ0v) is 14.2. The van der Waals surface area contributed by atoms with Crippen LogP contribution >= 0.6 is 0 Å². The topological polar surface area (TPSA) is 96.2 Å². The number of carboxylic acid groups (broad SMARTS) is 1. The van der Waals surface area contributed by atoms with Gasteiger partial charge in [0.05, 0.1) is 18.8 Å². The van der Waals surface area contributed by atoms with Crippen molar-refractivity contribution in [3.8, 4) is 11.5 Å². The van der Waals surface area contributed by atoms with E-state index in [1.807, 2.05) is 6.92 Å². The molecule has 6 nitrogen and oxygen atoms in total. The maximum Gasteiger partial charge on any atom is 0.339 e. The average Bonchev–Trinajstić information content (AvgIpc) is 2.87. The molecule has 0 saturated heterocycles. The molecule has 3 rings (SSSR count). The summed E-state index contributed by atoms with van der Waals surface area (Å²) in [6.45, 7) is 3.58. The lowest BCUT2D eigenvalue weighted by Gasteiger charge is -2.43. The van der Waals surface area contributed by atoms with Crippen molar-refractivity contribution in [2.75, 3.05) is 7.11 Å². The molecule has 3 N–H and O–H groups in total. The van der Waals surface area contributed by atoms with Crippen LogP contribution < -0.4 is 9.47 Å². The van der Waals surface area contributed by atoms with Gasteiger partial charge in [0.25, 0.3) is 0 Å². The number of carboxylic acids is 1. The van der Waals surface area contributed by atoms with Crippen LogP contribution in [-0.2, 0) is 6.42 Å². The maximum atomic E-state index is 11.5. The van der Waals surface area contributed by atoms with Crippen molar-refractivity contribution in [2.24, 2.45) is 5.92 Å². The van der Waals surface area contributed by atoms with E-state index in [0.29, 0.717) is 37.2 Å². The molecule has 0 aromatic heterocycles. The largest absolute Gasteiger partial charge is 0.496 e. The Labute approximate surface area is 141 Å². The first-order chi connectivity index (χ1) is 11.2. The van der Waals surface area contributed by atoms with E-state index in [-0.39, 0.29) is 11.5 Å². The van der Waals surface area contributed by atoms with E-state index in [1.165, 1.54) is 6.07 Å². The van der Waals surface area contributed by atoms with Crippen LogP contribution in [0.1, 0.15) is 49.0 Å². The van der Waals surface area contributed by atoms with Gasteiger partial charge in [-0.05, 0) is 45.2 Å². The molecule has 0 bridgehead atoms. The summed E-state index contributed by atoms with van der Waals surface area (Å²) in [4.78, 5) is 11.5. The molecule has 1 fully saturated rings. The minimum Gasteiger partial charge on any atom is -0.496 e. The number of rotatable bonds is 3. The van der Waals surface area contributed by atoms with Crippen molar-refractivity contribution in [3.63, 3.8) is 0 Å². The summed E-state index contributed by atoms with van der Waals surface area (Å²) in [6, 6.07) is 3.14. The highest BCUT2D eigenvalue weighted by molar-refractivity contribution is 5.92. The zero-order chi connectivity index (χ0) is 17.7. The third-order valence-corrected chi connectivity index (χ3v) is 5.62. The molecule has 1 aliphatic carbocycles. The fraction of sp³-hybridized carbons (Fsp3) is 0.611. The molecule has 0 amide bonds. The first-order valence-corrected chi connectivity index (χ1v) is 8.20. The van der Waals surface area contributed by atoms with Gasteiger partial charge < -0.3 is 24.8 Å². The number of methoxy groups -OCH3 is 1. The second kappa shape index (κ2) is 5.63. The molecule has 1 aromatic rings. The number of ether oxygens (including phenoxy) is 2. The Morgan fingerprint density at radius 1 is 1.38 bits per heavy atom. The lowest BCUT2D eigenvalue weighted by molar-refractivity contribution is -0.121. The van der Waals surface area contributed by atoms with E-state index < -0.39 is 23.3 Å². The number of hydrogen-bond acceptors (Lipinski definition) is 5. The highest BCUT2D eigenvalue weighted by atomic mass is 16.5. The van der Waals surface area contributed by atoms with Gasteiger partial charge in [0.15, 0.2) is 0 Å². The molecule has 0 radical (unpaired) electrons. The molecule has 1 unspecified atom stereocenters. The van der Waals surface area contributed by atoms with Gasteiger partial charge in [-0.1, -0.05) is 0 Å². The minimum atomic E-state index is -1.08. The summed E-state index contributed by atoms with van der Waals surface area (Å²) in [6.07, 6.45) is 1.31. The predicted molar refractivity (Wildman–Crippen MR) is 86.7 cm³/mol. The van der Waals surface area contributed by atoms with Crippen LogP contribution in [0.5, 0.6) is 11.5 Å². The van der Waals surface area contributed by atoms with Crippen molar-refractivity contribution in [1.29, 1.82) is 0 Å². The molecule has 24 heavy (non-hydrogen) atoms. The lowest BCUT2D eigenvalue weighted by Crippen LogP contribution is -2.51.